The molecule has 6 heteroatoms. The summed E-state index contributed by atoms with van der Waals surface area (Å²) in [5.41, 5.74) is 0. The summed E-state index contributed by atoms with van der Waals surface area (Å²) >= 11 is 0. The van der Waals surface area contributed by atoms with E-state index in [1.54, 1.807) is 25.2 Å². The Bertz CT molecular complexity index is 556. The number of aliphatic imine (C=N–C) groups is 1. The average molecular weight is 350 g/mol. The van der Waals surface area contributed by atoms with E-state index < -0.39 is 0 Å². The molecule has 0 radical (unpaired) electrons. The molecule has 0 amide bonds. The number of piperidine rings is 1. The Morgan fingerprint density at radius 2 is 1.96 bits per heavy atom. The molecule has 1 unspecified atom stereocenters. The smallest absolute Gasteiger partial charge is 0.191 e. The van der Waals surface area contributed by atoms with E-state index in [0.717, 1.165) is 31.9 Å². The molecule has 0 spiro atoms. The second-order valence-electron chi connectivity index (χ2n) is 6.86. The Morgan fingerprint density at radius 3 is 2.56 bits per heavy atom. The van der Waals surface area contributed by atoms with Gasteiger partial charge in [-0.1, -0.05) is 12.1 Å². The topological polar surface area (TPSA) is 48.9 Å². The second-order valence-corrected chi connectivity index (χ2v) is 6.86. The number of benzene rings is 1. The zero-order chi connectivity index (χ0) is 18.2. The van der Waals surface area contributed by atoms with Crippen molar-refractivity contribution in [2.45, 2.75) is 51.8 Å². The molecule has 1 aromatic carbocycles. The Labute approximate surface area is 150 Å². The molecule has 2 N–H and O–H groups in total. The second kappa shape index (κ2) is 9.61. The van der Waals surface area contributed by atoms with Crippen molar-refractivity contribution in [2.24, 2.45) is 4.99 Å². The molecule has 1 atom stereocenters. The summed E-state index contributed by atoms with van der Waals surface area (Å²) in [4.78, 5) is 6.78. The van der Waals surface area contributed by atoms with Gasteiger partial charge in [0.15, 0.2) is 17.5 Å². The number of nitrogens with one attached hydrogen (secondary N) is 2. The molecule has 2 rings (SSSR count). The first kappa shape index (κ1) is 19.5. The summed E-state index contributed by atoms with van der Waals surface area (Å²) in [5.74, 6) is 0.710. The van der Waals surface area contributed by atoms with Gasteiger partial charge in [-0.2, -0.15) is 0 Å². The fraction of sp³-hybridized carbons (Fsp3) is 0.632. The maximum atomic E-state index is 13.6. The summed E-state index contributed by atoms with van der Waals surface area (Å²) in [6, 6.07) is 7.50. The lowest BCUT2D eigenvalue weighted by Gasteiger charge is -2.35. The van der Waals surface area contributed by atoms with Crippen LogP contribution in [-0.4, -0.2) is 55.7 Å². The molecule has 0 saturated carbocycles. The molecule has 1 aliphatic rings. The van der Waals surface area contributed by atoms with Crippen LogP contribution in [0.4, 0.5) is 4.39 Å². The fourth-order valence-corrected chi connectivity index (χ4v) is 2.99. The van der Waals surface area contributed by atoms with Gasteiger partial charge in [0.2, 0.25) is 0 Å². The average Bonchev–Trinajstić information content (AvgIpc) is 2.61. The Morgan fingerprint density at radius 1 is 1.28 bits per heavy atom. The number of nitrogens with zero attached hydrogens (tertiary/aromatic N) is 2. The van der Waals surface area contributed by atoms with Gasteiger partial charge < -0.3 is 20.3 Å². The van der Waals surface area contributed by atoms with Crippen molar-refractivity contribution in [3.05, 3.63) is 30.1 Å². The van der Waals surface area contributed by atoms with Crippen molar-refractivity contribution in [3.63, 3.8) is 0 Å². The summed E-state index contributed by atoms with van der Waals surface area (Å²) in [6.07, 6.45) is 2.05. The molecule has 1 heterocycles. The van der Waals surface area contributed by atoms with Crippen LogP contribution in [0, 0.1) is 5.82 Å². The quantitative estimate of drug-likeness (QED) is 0.612. The standard InChI is InChI=1S/C19H31FN4O/c1-14(2)24-11-9-16(10-12-24)23-19(21-4)22-13-15(3)25-18-8-6-5-7-17(18)20/h5-8,14-16H,9-13H2,1-4H3,(H2,21,22,23). The summed E-state index contributed by atoms with van der Waals surface area (Å²) in [6.45, 7) is 9.17. The van der Waals surface area contributed by atoms with Crippen molar-refractivity contribution in [3.8, 4) is 5.75 Å². The van der Waals surface area contributed by atoms with Gasteiger partial charge >= 0.3 is 0 Å². The maximum absolute atomic E-state index is 13.6. The lowest BCUT2D eigenvalue weighted by Crippen LogP contribution is -2.50. The van der Waals surface area contributed by atoms with Gasteiger partial charge in [0, 0.05) is 32.2 Å². The minimum atomic E-state index is -0.339. The predicted octanol–water partition coefficient (Wildman–Crippen LogP) is 2.63. The summed E-state index contributed by atoms with van der Waals surface area (Å²) in [5, 5.41) is 6.75. The normalized spacial score (nSPS) is 18.2. The molecule has 1 aromatic rings. The van der Waals surface area contributed by atoms with Gasteiger partial charge in [-0.25, -0.2) is 4.39 Å². The van der Waals surface area contributed by atoms with Gasteiger partial charge in [0.25, 0.3) is 0 Å². The molecular formula is C19H31FN4O. The van der Waals surface area contributed by atoms with E-state index in [2.05, 4.69) is 34.4 Å². The number of halogens is 1. The van der Waals surface area contributed by atoms with Crippen LogP contribution >= 0.6 is 0 Å². The van der Waals surface area contributed by atoms with Crippen LogP contribution in [0.5, 0.6) is 5.75 Å². The van der Waals surface area contributed by atoms with Gasteiger partial charge in [-0.3, -0.25) is 4.99 Å². The van der Waals surface area contributed by atoms with Crippen molar-refractivity contribution in [1.29, 1.82) is 0 Å². The molecule has 0 aliphatic carbocycles. The highest BCUT2D eigenvalue weighted by Crippen LogP contribution is 2.17. The van der Waals surface area contributed by atoms with Crippen LogP contribution in [0.1, 0.15) is 33.6 Å². The lowest BCUT2D eigenvalue weighted by molar-refractivity contribution is 0.167. The van der Waals surface area contributed by atoms with Gasteiger partial charge in [0.05, 0.1) is 6.54 Å². The van der Waals surface area contributed by atoms with E-state index in [4.69, 9.17) is 4.74 Å². The van der Waals surface area contributed by atoms with E-state index >= 15 is 0 Å². The van der Waals surface area contributed by atoms with Crippen LogP contribution < -0.4 is 15.4 Å². The van der Waals surface area contributed by atoms with E-state index in [9.17, 15) is 4.39 Å². The van der Waals surface area contributed by atoms with E-state index in [1.807, 2.05) is 6.92 Å². The molecule has 0 aromatic heterocycles. The van der Waals surface area contributed by atoms with Crippen LogP contribution in [0.2, 0.25) is 0 Å². The number of para-hydroxylation sites is 1. The molecule has 1 saturated heterocycles. The number of hydrogen-bond acceptors (Lipinski definition) is 3. The van der Waals surface area contributed by atoms with Crippen LogP contribution in [-0.2, 0) is 0 Å². The third-order valence-electron chi connectivity index (χ3n) is 4.55. The molecule has 1 aliphatic heterocycles. The monoisotopic (exact) mass is 350 g/mol. The Balaban J connectivity index is 1.74. The maximum Gasteiger partial charge on any atom is 0.191 e. The molecule has 25 heavy (non-hydrogen) atoms. The van der Waals surface area contributed by atoms with Crippen molar-refractivity contribution < 1.29 is 9.13 Å². The zero-order valence-corrected chi connectivity index (χ0v) is 15.8. The molecule has 5 nitrogen and oxygen atoms in total. The van der Waals surface area contributed by atoms with Crippen LogP contribution in [0.25, 0.3) is 0 Å². The highest BCUT2D eigenvalue weighted by Gasteiger charge is 2.21. The van der Waals surface area contributed by atoms with Crippen molar-refractivity contribution in [2.75, 3.05) is 26.7 Å². The third kappa shape index (κ3) is 6.20. The first-order chi connectivity index (χ1) is 12.0. The van der Waals surface area contributed by atoms with Crippen LogP contribution in [0.3, 0.4) is 0 Å². The Kier molecular flexibility index (Phi) is 7.50. The molecule has 0 bridgehead atoms. The molecular weight excluding hydrogens is 319 g/mol. The highest BCUT2D eigenvalue weighted by atomic mass is 19.1. The largest absolute Gasteiger partial charge is 0.486 e. The summed E-state index contributed by atoms with van der Waals surface area (Å²) < 4.78 is 19.3. The van der Waals surface area contributed by atoms with Crippen molar-refractivity contribution >= 4 is 5.96 Å². The summed E-state index contributed by atoms with van der Waals surface area (Å²) in [7, 11) is 1.76. The molecule has 1 fully saturated rings. The first-order valence-electron chi connectivity index (χ1n) is 9.12. The number of hydrogen-bond donors (Lipinski definition) is 2. The van der Waals surface area contributed by atoms with E-state index in [1.165, 1.54) is 6.07 Å². The van der Waals surface area contributed by atoms with Gasteiger partial charge in [0.1, 0.15) is 6.10 Å². The van der Waals surface area contributed by atoms with Gasteiger partial charge in [-0.05, 0) is 45.7 Å². The number of ether oxygens (including phenoxy) is 1. The van der Waals surface area contributed by atoms with E-state index in [0.29, 0.717) is 18.6 Å². The number of rotatable bonds is 6. The fourth-order valence-electron chi connectivity index (χ4n) is 2.99. The minimum Gasteiger partial charge on any atom is -0.486 e. The molecule has 140 valence electrons. The highest BCUT2D eigenvalue weighted by molar-refractivity contribution is 5.80. The van der Waals surface area contributed by atoms with Crippen LogP contribution in [0.15, 0.2) is 29.3 Å². The van der Waals surface area contributed by atoms with Crippen molar-refractivity contribution in [1.82, 2.24) is 15.5 Å². The number of likely N-dealkylation sites (tertiary alicyclic amines) is 1. The Hall–Kier alpha value is -1.82. The first-order valence-corrected chi connectivity index (χ1v) is 9.12. The predicted molar refractivity (Wildman–Crippen MR) is 101 cm³/mol. The third-order valence-corrected chi connectivity index (χ3v) is 4.55. The van der Waals surface area contributed by atoms with Gasteiger partial charge in [-0.15, -0.1) is 0 Å². The zero-order valence-electron chi connectivity index (χ0n) is 15.8. The SMILES string of the molecule is CN=C(NCC(C)Oc1ccccc1F)NC1CCN(C(C)C)CC1. The number of guanidine groups is 1. The lowest BCUT2D eigenvalue weighted by atomic mass is 10.0. The van der Waals surface area contributed by atoms with E-state index in [-0.39, 0.29) is 17.7 Å². The minimum absolute atomic E-state index is 0.168.